The maximum Gasteiger partial charge on any atom is 0.472 e. The van der Waals surface area contributed by atoms with Crippen LogP contribution in [0.1, 0.15) is 6.23 Å². The highest BCUT2D eigenvalue weighted by molar-refractivity contribution is 7.47. The van der Waals surface area contributed by atoms with Crippen LogP contribution in [0, 0.1) is 0 Å². The van der Waals surface area contributed by atoms with E-state index in [-0.39, 0.29) is 33.9 Å². The number of alkyl halides is 1. The summed E-state index contributed by atoms with van der Waals surface area (Å²) in [6.45, 7) is -2.59. The zero-order valence-corrected chi connectivity index (χ0v) is 25.2. The molecule has 0 radical (unpaired) electrons. The zero-order valence-electron chi connectivity index (χ0n) is 23.4. The summed E-state index contributed by atoms with van der Waals surface area (Å²) in [6, 6.07) is 0. The summed E-state index contributed by atoms with van der Waals surface area (Å²) in [5, 5.41) is 11.2. The molecule has 0 aromatic carbocycles. The number of nitrogens with two attached hydrogens (primary N) is 1. The number of nitrogen functional groups attached to an aromatic ring is 1. The number of halogens is 1. The highest BCUT2D eigenvalue weighted by Crippen LogP contribution is 2.54. The van der Waals surface area contributed by atoms with Crippen molar-refractivity contribution in [2.24, 2.45) is 0 Å². The Morgan fingerprint density at radius 3 is 2.57 bits per heavy atom. The molecular formula is C22H23FN10O12P2. The lowest BCUT2D eigenvalue weighted by Crippen LogP contribution is -2.45. The minimum Gasteiger partial charge on any atom is -0.387 e. The van der Waals surface area contributed by atoms with Crippen LogP contribution >= 0.6 is 15.6 Å². The molecule has 0 saturated carbocycles. The second-order valence-corrected chi connectivity index (χ2v) is 13.6. The van der Waals surface area contributed by atoms with Gasteiger partial charge in [0.05, 0.1) is 25.9 Å². The smallest absolute Gasteiger partial charge is 0.387 e. The molecule has 250 valence electrons. The van der Waals surface area contributed by atoms with E-state index < -0.39 is 83.6 Å². The number of phosphoric acid groups is 2. The lowest BCUT2D eigenvalue weighted by molar-refractivity contribution is -0.0718. The van der Waals surface area contributed by atoms with Crippen molar-refractivity contribution in [3.05, 3.63) is 41.7 Å². The van der Waals surface area contributed by atoms with Crippen molar-refractivity contribution in [2.75, 3.05) is 25.6 Å². The molecule has 47 heavy (non-hydrogen) atoms. The Morgan fingerprint density at radius 1 is 1.02 bits per heavy atom. The molecule has 8 heterocycles. The number of aliphatic hydroxyl groups excluding tert-OH is 1. The van der Waals surface area contributed by atoms with Gasteiger partial charge < -0.3 is 30.1 Å². The highest BCUT2D eigenvalue weighted by atomic mass is 31.2. The maximum atomic E-state index is 16.8. The van der Waals surface area contributed by atoms with Crippen molar-refractivity contribution in [3.63, 3.8) is 0 Å². The number of anilines is 1. The minimum absolute atomic E-state index is 0.0197. The molecule has 2 unspecified atom stereocenters. The molecule has 8 rings (SSSR count). The average molecular weight is 700 g/mol. The van der Waals surface area contributed by atoms with Crippen LogP contribution in [-0.4, -0.2) is 109 Å². The van der Waals surface area contributed by atoms with Gasteiger partial charge in [-0.15, -0.1) is 0 Å². The van der Waals surface area contributed by atoms with Gasteiger partial charge >= 0.3 is 15.6 Å². The van der Waals surface area contributed by atoms with Crippen LogP contribution < -0.4 is 11.3 Å². The van der Waals surface area contributed by atoms with Crippen molar-refractivity contribution in [3.8, 4) is 0 Å². The third-order valence-corrected chi connectivity index (χ3v) is 9.96. The fourth-order valence-corrected chi connectivity index (χ4v) is 7.76. The number of hydrogen-bond acceptors (Lipinski definition) is 16. The number of phosphoric ester groups is 2. The summed E-state index contributed by atoms with van der Waals surface area (Å²) < 4.78 is 79.3. The fourth-order valence-electron chi connectivity index (χ4n) is 5.85. The van der Waals surface area contributed by atoms with E-state index in [9.17, 15) is 28.8 Å². The first-order valence-corrected chi connectivity index (χ1v) is 16.7. The molecular weight excluding hydrogens is 677 g/mol. The van der Waals surface area contributed by atoms with Gasteiger partial charge in [0.1, 0.15) is 42.9 Å². The minimum atomic E-state index is -5.22. The third kappa shape index (κ3) is 4.90. The Balaban J connectivity index is 1.15. The number of aliphatic hydroxyl groups is 1. The van der Waals surface area contributed by atoms with Gasteiger partial charge in [-0.1, -0.05) is 0 Å². The fraction of sp³-hybridized carbons (Fsp3) is 0.455. The zero-order chi connectivity index (χ0) is 32.9. The molecule has 0 amide bonds. The van der Waals surface area contributed by atoms with Crippen LogP contribution in [0.5, 0.6) is 0 Å². The van der Waals surface area contributed by atoms with Crippen molar-refractivity contribution in [1.82, 2.24) is 43.4 Å². The number of fused-ring (bicyclic) bond motifs is 7. The van der Waals surface area contributed by atoms with E-state index in [1.54, 1.807) is 0 Å². The van der Waals surface area contributed by atoms with Gasteiger partial charge in [-0.3, -0.25) is 41.4 Å². The van der Waals surface area contributed by atoms with Gasteiger partial charge in [0, 0.05) is 12.4 Å². The molecule has 22 nitrogen and oxygen atoms in total. The third-order valence-electron chi connectivity index (χ3n) is 8.01. The highest BCUT2D eigenvalue weighted by Gasteiger charge is 2.58. The average Bonchev–Trinajstić information content (AvgIpc) is 3.84. The van der Waals surface area contributed by atoms with Crippen molar-refractivity contribution in [1.29, 1.82) is 0 Å². The number of rotatable bonds is 2. The number of nitrogens with zero attached hydrogens (tertiary/aromatic N) is 8. The molecule has 3 saturated heterocycles. The molecule has 0 spiro atoms. The standard InChI is InChI=1S/C22H23FN10O12P2/c23-22(33-8-29-11-16(24)26-6-27-17(11)33)5-40-10-4-42-46(36,37)44-14-13(34)9(3-41-47(38,39)45-15(10)22)43-20(14)32-7-28-12-18(35)30-21-25-1-2-31(21)19(12)32/h1-2,6-10,13-15,20,34H,3-5H2,(H,36,37)(H,38,39)(H2,24,26,27)(H,25,30,35)/t9-,10-,13-,14-,15-,20-,22+/m1/s1. The van der Waals surface area contributed by atoms with Crippen LogP contribution in [0.3, 0.4) is 0 Å². The molecule has 9 atom stereocenters. The number of ether oxygens (including phenoxy) is 2. The molecule has 3 aliphatic rings. The molecule has 6 N–H and O–H groups in total. The Morgan fingerprint density at radius 2 is 1.77 bits per heavy atom. The summed E-state index contributed by atoms with van der Waals surface area (Å²) in [7, 11) is -10.4. The number of hydrogen-bond donors (Lipinski definition) is 5. The first-order chi connectivity index (χ1) is 22.4. The molecule has 5 aromatic heterocycles. The van der Waals surface area contributed by atoms with Gasteiger partial charge in [0.15, 0.2) is 35.0 Å². The summed E-state index contributed by atoms with van der Waals surface area (Å²) in [6.07, 6.45) is -3.98. The maximum absolute atomic E-state index is 16.8. The second kappa shape index (κ2) is 10.6. The lowest BCUT2D eigenvalue weighted by Gasteiger charge is -2.30. The van der Waals surface area contributed by atoms with Crippen LogP contribution in [0.15, 0.2) is 36.2 Å². The number of aromatic nitrogens is 9. The first kappa shape index (κ1) is 30.6. The normalized spacial score (nSPS) is 36.8. The number of imidazole rings is 3. The Bertz CT molecular complexity index is 2190. The summed E-state index contributed by atoms with van der Waals surface area (Å²) in [4.78, 5) is 56.6. The Labute approximate surface area is 259 Å². The summed E-state index contributed by atoms with van der Waals surface area (Å²) in [5.74, 6) is -2.74. The molecule has 5 aromatic rings. The van der Waals surface area contributed by atoms with Gasteiger partial charge in [0.25, 0.3) is 5.56 Å². The van der Waals surface area contributed by atoms with Gasteiger partial charge in [-0.2, -0.15) is 0 Å². The quantitative estimate of drug-likeness (QED) is 0.139. The second-order valence-electron chi connectivity index (χ2n) is 10.8. The number of nitrogens with one attached hydrogen (secondary N) is 1. The monoisotopic (exact) mass is 700 g/mol. The number of aromatic amines is 1. The SMILES string of the molecule is Nc1ncnc2c1ncn2[C@@]1(F)CO[C@@H]2COP(=O)(O)O[C@@H]3[C@H](O)[C@@H](COP(=O)(O)O[C@H]21)O[C@H]3n1cnc2c(=O)[nH]c3nccn3c21. The van der Waals surface area contributed by atoms with Crippen molar-refractivity contribution >= 4 is 49.6 Å². The summed E-state index contributed by atoms with van der Waals surface area (Å²) in [5.41, 5.74) is 5.16. The molecule has 2 bridgehead atoms. The predicted molar refractivity (Wildman–Crippen MR) is 149 cm³/mol. The first-order valence-electron chi connectivity index (χ1n) is 13.7. The van der Waals surface area contributed by atoms with Gasteiger partial charge in [-0.05, 0) is 0 Å². The lowest BCUT2D eigenvalue weighted by atomic mass is 10.1. The van der Waals surface area contributed by atoms with Crippen LogP contribution in [0.25, 0.3) is 28.1 Å². The van der Waals surface area contributed by atoms with E-state index in [1.165, 1.54) is 27.7 Å². The van der Waals surface area contributed by atoms with E-state index in [0.717, 1.165) is 17.2 Å². The van der Waals surface area contributed by atoms with E-state index in [1.807, 2.05) is 0 Å². The summed E-state index contributed by atoms with van der Waals surface area (Å²) >= 11 is 0. The van der Waals surface area contributed by atoms with E-state index >= 15 is 4.39 Å². The molecule has 3 fully saturated rings. The largest absolute Gasteiger partial charge is 0.472 e. The van der Waals surface area contributed by atoms with Crippen LogP contribution in [0.4, 0.5) is 10.2 Å². The van der Waals surface area contributed by atoms with Crippen LogP contribution in [0.2, 0.25) is 0 Å². The molecule has 0 aliphatic carbocycles. The Hall–Kier alpha value is -3.73. The predicted octanol–water partition coefficient (Wildman–Crippen LogP) is -0.908. The molecule has 25 heteroatoms. The Kier molecular flexibility index (Phi) is 6.92. The molecule has 3 aliphatic heterocycles. The van der Waals surface area contributed by atoms with E-state index in [4.69, 9.17) is 33.3 Å². The number of H-pyrrole nitrogens is 1. The van der Waals surface area contributed by atoms with Crippen LogP contribution in [-0.2, 0) is 42.5 Å². The van der Waals surface area contributed by atoms with E-state index in [0.29, 0.717) is 0 Å². The topological polar surface area (TPSA) is 288 Å². The van der Waals surface area contributed by atoms with Crippen molar-refractivity contribution in [2.45, 2.75) is 42.5 Å². The van der Waals surface area contributed by atoms with Gasteiger partial charge in [0.2, 0.25) is 11.6 Å². The van der Waals surface area contributed by atoms with Crippen molar-refractivity contribution < 1.29 is 56.0 Å². The van der Waals surface area contributed by atoms with E-state index in [2.05, 4.69) is 29.9 Å². The van der Waals surface area contributed by atoms with Gasteiger partial charge in [-0.25, -0.2) is 38.4 Å².